The fourth-order valence-corrected chi connectivity index (χ4v) is 2.87. The van der Waals surface area contributed by atoms with Crippen LogP contribution in [0.5, 0.6) is 0 Å². The zero-order valence-electron chi connectivity index (χ0n) is 12.5. The number of carbonyl (C=O) groups excluding carboxylic acids is 2. The maximum absolute atomic E-state index is 12.0. The highest BCUT2D eigenvalue weighted by atomic mass is 32.1. The highest BCUT2D eigenvalue weighted by Gasteiger charge is 2.23. The molecule has 0 unspecified atom stereocenters. The second-order valence-corrected chi connectivity index (χ2v) is 6.85. The maximum atomic E-state index is 12.0. The van der Waals surface area contributed by atoms with Gasteiger partial charge in [0.05, 0.1) is 12.6 Å². The number of amides is 3. The van der Waals surface area contributed by atoms with Crippen LogP contribution in [0.4, 0.5) is 4.79 Å². The molecule has 2 rings (SSSR count). The van der Waals surface area contributed by atoms with E-state index in [1.54, 1.807) is 11.3 Å². The molecule has 1 atom stereocenters. The van der Waals surface area contributed by atoms with Crippen molar-refractivity contribution in [2.75, 3.05) is 6.54 Å². The molecule has 5 nitrogen and oxygen atoms in total. The fraction of sp³-hybridized carbons (Fsp3) is 0.600. The normalized spacial score (nSPS) is 15.6. The van der Waals surface area contributed by atoms with Crippen molar-refractivity contribution in [2.24, 2.45) is 5.92 Å². The van der Waals surface area contributed by atoms with E-state index in [0.29, 0.717) is 12.0 Å². The molecule has 1 aromatic heterocycles. The van der Waals surface area contributed by atoms with Crippen LogP contribution < -0.4 is 16.0 Å². The van der Waals surface area contributed by atoms with Crippen LogP contribution in [-0.4, -0.2) is 24.5 Å². The lowest BCUT2D eigenvalue weighted by molar-refractivity contribution is -0.120. The number of hydrogen-bond donors (Lipinski definition) is 3. The SMILES string of the molecule is CC(C)C[C@@H](NC(=O)CNC(=O)NC1CC1)c1cccs1. The highest BCUT2D eigenvalue weighted by molar-refractivity contribution is 7.10. The van der Waals surface area contributed by atoms with E-state index in [1.807, 2.05) is 17.5 Å². The Balaban J connectivity index is 1.78. The fourth-order valence-electron chi connectivity index (χ4n) is 2.08. The maximum Gasteiger partial charge on any atom is 0.315 e. The number of nitrogens with one attached hydrogen (secondary N) is 3. The van der Waals surface area contributed by atoms with Crippen molar-refractivity contribution in [1.29, 1.82) is 0 Å². The van der Waals surface area contributed by atoms with Crippen molar-refractivity contribution in [3.8, 4) is 0 Å². The van der Waals surface area contributed by atoms with Gasteiger partial charge in [-0.25, -0.2) is 4.79 Å². The summed E-state index contributed by atoms with van der Waals surface area (Å²) in [4.78, 5) is 24.6. The molecular formula is C15H23N3O2S. The minimum atomic E-state index is -0.260. The molecule has 21 heavy (non-hydrogen) atoms. The van der Waals surface area contributed by atoms with Crippen LogP contribution in [0.25, 0.3) is 0 Å². The van der Waals surface area contributed by atoms with Crippen molar-refractivity contribution in [2.45, 2.75) is 45.2 Å². The molecule has 3 amide bonds. The third-order valence-corrected chi connectivity index (χ3v) is 4.24. The lowest BCUT2D eigenvalue weighted by atomic mass is 10.0. The van der Waals surface area contributed by atoms with Gasteiger partial charge in [-0.05, 0) is 36.6 Å². The Hall–Kier alpha value is -1.56. The van der Waals surface area contributed by atoms with Crippen LogP contribution in [0.1, 0.15) is 44.0 Å². The van der Waals surface area contributed by atoms with Gasteiger partial charge in [-0.3, -0.25) is 4.79 Å². The molecule has 0 aliphatic heterocycles. The predicted octanol–water partition coefficient (Wildman–Crippen LogP) is 2.41. The summed E-state index contributed by atoms with van der Waals surface area (Å²) in [5.41, 5.74) is 0. The van der Waals surface area contributed by atoms with Gasteiger partial charge in [0.25, 0.3) is 0 Å². The number of hydrogen-bond acceptors (Lipinski definition) is 3. The predicted molar refractivity (Wildman–Crippen MR) is 84.2 cm³/mol. The first-order valence-corrected chi connectivity index (χ1v) is 8.29. The van der Waals surface area contributed by atoms with Crippen molar-refractivity contribution >= 4 is 23.3 Å². The van der Waals surface area contributed by atoms with Crippen molar-refractivity contribution < 1.29 is 9.59 Å². The molecule has 0 spiro atoms. The van der Waals surface area contributed by atoms with Gasteiger partial charge in [-0.1, -0.05) is 19.9 Å². The molecule has 1 aliphatic carbocycles. The van der Waals surface area contributed by atoms with Crippen molar-refractivity contribution in [1.82, 2.24) is 16.0 Å². The minimum absolute atomic E-state index is 0.0124. The second kappa shape index (κ2) is 7.45. The number of rotatable bonds is 7. The van der Waals surface area contributed by atoms with Gasteiger partial charge in [0.1, 0.15) is 0 Å². The molecule has 0 radical (unpaired) electrons. The topological polar surface area (TPSA) is 70.2 Å². The molecule has 1 aromatic rings. The standard InChI is InChI=1S/C15H23N3O2S/c1-10(2)8-12(13-4-3-7-21-13)18-14(19)9-16-15(20)17-11-5-6-11/h3-4,7,10-12H,5-6,8-9H2,1-2H3,(H,18,19)(H2,16,17,20)/t12-/m1/s1. The van der Waals surface area contributed by atoms with Crippen LogP contribution in [0, 0.1) is 5.92 Å². The summed E-state index contributed by atoms with van der Waals surface area (Å²) in [6.07, 6.45) is 2.96. The van der Waals surface area contributed by atoms with Crippen LogP contribution in [0.15, 0.2) is 17.5 Å². The lowest BCUT2D eigenvalue weighted by Gasteiger charge is -2.19. The van der Waals surface area contributed by atoms with E-state index in [9.17, 15) is 9.59 Å². The summed E-state index contributed by atoms with van der Waals surface area (Å²) < 4.78 is 0. The first-order valence-electron chi connectivity index (χ1n) is 7.41. The van der Waals surface area contributed by atoms with Gasteiger partial charge in [0, 0.05) is 10.9 Å². The summed E-state index contributed by atoms with van der Waals surface area (Å²) in [5.74, 6) is 0.337. The van der Waals surface area contributed by atoms with Crippen molar-refractivity contribution in [3.63, 3.8) is 0 Å². The average molecular weight is 309 g/mol. The summed E-state index contributed by atoms with van der Waals surface area (Å²) in [5, 5.41) is 10.4. The van der Waals surface area contributed by atoms with Crippen LogP contribution in [-0.2, 0) is 4.79 Å². The van der Waals surface area contributed by atoms with E-state index >= 15 is 0 Å². The van der Waals surface area contributed by atoms with Gasteiger partial charge in [0.2, 0.25) is 5.91 Å². The quantitative estimate of drug-likeness (QED) is 0.724. The van der Waals surface area contributed by atoms with Crippen molar-refractivity contribution in [3.05, 3.63) is 22.4 Å². The van der Waals surface area contributed by atoms with E-state index in [4.69, 9.17) is 0 Å². The van der Waals surface area contributed by atoms with Gasteiger partial charge < -0.3 is 16.0 Å². The Kier molecular flexibility index (Phi) is 5.61. The Morgan fingerprint density at radius 3 is 2.71 bits per heavy atom. The smallest absolute Gasteiger partial charge is 0.315 e. The van der Waals surface area contributed by atoms with E-state index in [0.717, 1.165) is 24.1 Å². The Bertz CT molecular complexity index is 469. The molecule has 116 valence electrons. The monoisotopic (exact) mass is 309 g/mol. The Morgan fingerprint density at radius 2 is 2.14 bits per heavy atom. The minimum Gasteiger partial charge on any atom is -0.347 e. The molecule has 1 aliphatic rings. The summed E-state index contributed by atoms with van der Waals surface area (Å²) in [7, 11) is 0. The van der Waals surface area contributed by atoms with Crippen LogP contribution in [0.2, 0.25) is 0 Å². The second-order valence-electron chi connectivity index (χ2n) is 5.87. The number of carbonyl (C=O) groups is 2. The Morgan fingerprint density at radius 1 is 1.38 bits per heavy atom. The molecule has 0 bridgehead atoms. The third kappa shape index (κ3) is 5.75. The van der Waals surface area contributed by atoms with Gasteiger partial charge in [-0.2, -0.15) is 0 Å². The first-order chi connectivity index (χ1) is 10.0. The van der Waals surface area contributed by atoms with Gasteiger partial charge in [-0.15, -0.1) is 11.3 Å². The molecule has 3 N–H and O–H groups in total. The Labute approximate surface area is 129 Å². The summed E-state index contributed by atoms with van der Waals surface area (Å²) in [6, 6.07) is 4.08. The van der Waals surface area contributed by atoms with Crippen LogP contribution in [0.3, 0.4) is 0 Å². The largest absolute Gasteiger partial charge is 0.347 e. The van der Waals surface area contributed by atoms with E-state index in [1.165, 1.54) is 0 Å². The summed E-state index contributed by atoms with van der Waals surface area (Å²) in [6.45, 7) is 4.28. The zero-order valence-corrected chi connectivity index (χ0v) is 13.3. The lowest BCUT2D eigenvalue weighted by Crippen LogP contribution is -2.43. The average Bonchev–Trinajstić information content (AvgIpc) is 3.06. The third-order valence-electron chi connectivity index (χ3n) is 3.25. The van der Waals surface area contributed by atoms with Gasteiger partial charge in [0.15, 0.2) is 0 Å². The molecule has 1 heterocycles. The highest BCUT2D eigenvalue weighted by Crippen LogP contribution is 2.25. The van der Waals surface area contributed by atoms with E-state index in [2.05, 4.69) is 29.8 Å². The molecule has 0 saturated heterocycles. The molecule has 6 heteroatoms. The van der Waals surface area contributed by atoms with Crippen LogP contribution >= 0.6 is 11.3 Å². The molecular weight excluding hydrogens is 286 g/mol. The molecule has 1 fully saturated rings. The van der Waals surface area contributed by atoms with E-state index in [-0.39, 0.29) is 24.5 Å². The first kappa shape index (κ1) is 15.8. The summed E-state index contributed by atoms with van der Waals surface area (Å²) >= 11 is 1.64. The molecule has 0 aromatic carbocycles. The zero-order chi connectivity index (χ0) is 15.2. The number of thiophene rings is 1. The van der Waals surface area contributed by atoms with E-state index < -0.39 is 0 Å². The number of urea groups is 1. The van der Waals surface area contributed by atoms with Gasteiger partial charge >= 0.3 is 6.03 Å². The molecule has 1 saturated carbocycles.